The number of fused-ring (bicyclic) bond motifs is 1. The van der Waals surface area contributed by atoms with Crippen LogP contribution in [-0.2, 0) is 6.42 Å². The number of hydrogen-bond acceptors (Lipinski definition) is 1. The molecule has 0 spiro atoms. The second-order valence-electron chi connectivity index (χ2n) is 4.69. The van der Waals surface area contributed by atoms with Crippen molar-refractivity contribution in [2.24, 2.45) is 5.73 Å². The van der Waals surface area contributed by atoms with Crippen molar-refractivity contribution in [3.05, 3.63) is 34.4 Å². The number of nitrogens with two attached hydrogens (primary N) is 1. The SMILES string of the molecule is CC(C)(N)Cc1cc2cc(Br)ccc2[nH]1. The molecule has 0 radical (unpaired) electrons. The summed E-state index contributed by atoms with van der Waals surface area (Å²) in [7, 11) is 0. The molecule has 0 aliphatic carbocycles. The fourth-order valence-corrected chi connectivity index (χ4v) is 2.13. The molecule has 0 unspecified atom stereocenters. The lowest BCUT2D eigenvalue weighted by molar-refractivity contribution is 0.512. The van der Waals surface area contributed by atoms with E-state index in [9.17, 15) is 0 Å². The Bertz CT molecular complexity index is 480. The van der Waals surface area contributed by atoms with Gasteiger partial charge < -0.3 is 10.7 Å². The van der Waals surface area contributed by atoms with Gasteiger partial charge in [-0.25, -0.2) is 0 Å². The number of hydrogen-bond donors (Lipinski definition) is 2. The number of H-pyrrole nitrogens is 1. The first kappa shape index (κ1) is 10.7. The van der Waals surface area contributed by atoms with Crippen molar-refractivity contribution in [3.63, 3.8) is 0 Å². The highest BCUT2D eigenvalue weighted by Crippen LogP contribution is 2.21. The summed E-state index contributed by atoms with van der Waals surface area (Å²) in [6, 6.07) is 8.39. The van der Waals surface area contributed by atoms with Crippen LogP contribution in [0.2, 0.25) is 0 Å². The summed E-state index contributed by atoms with van der Waals surface area (Å²) < 4.78 is 1.10. The molecule has 1 heterocycles. The van der Waals surface area contributed by atoms with Crippen LogP contribution in [0, 0.1) is 0 Å². The van der Waals surface area contributed by atoms with E-state index in [1.54, 1.807) is 0 Å². The molecule has 0 saturated carbocycles. The van der Waals surface area contributed by atoms with Gasteiger partial charge in [-0.3, -0.25) is 0 Å². The van der Waals surface area contributed by atoms with Crippen molar-refractivity contribution in [1.29, 1.82) is 0 Å². The lowest BCUT2D eigenvalue weighted by atomic mass is 10.0. The second kappa shape index (κ2) is 3.65. The predicted octanol–water partition coefficient (Wildman–Crippen LogP) is 3.21. The van der Waals surface area contributed by atoms with E-state index in [2.05, 4.69) is 39.1 Å². The minimum absolute atomic E-state index is 0.169. The van der Waals surface area contributed by atoms with Crippen LogP contribution in [0.25, 0.3) is 10.9 Å². The lowest BCUT2D eigenvalue weighted by Gasteiger charge is -2.16. The minimum atomic E-state index is -0.169. The van der Waals surface area contributed by atoms with Gasteiger partial charge in [-0.1, -0.05) is 15.9 Å². The Labute approximate surface area is 98.0 Å². The van der Waals surface area contributed by atoms with Crippen LogP contribution in [0.4, 0.5) is 0 Å². The van der Waals surface area contributed by atoms with Gasteiger partial charge in [-0.2, -0.15) is 0 Å². The summed E-state index contributed by atoms with van der Waals surface area (Å²) in [6.45, 7) is 4.07. The van der Waals surface area contributed by atoms with Gasteiger partial charge in [0.1, 0.15) is 0 Å². The third-order valence-electron chi connectivity index (χ3n) is 2.28. The number of halogens is 1. The van der Waals surface area contributed by atoms with Gasteiger partial charge in [0, 0.05) is 33.0 Å². The van der Waals surface area contributed by atoms with Gasteiger partial charge in [-0.05, 0) is 38.1 Å². The maximum atomic E-state index is 5.99. The number of aromatic amines is 1. The second-order valence-corrected chi connectivity index (χ2v) is 5.61. The molecule has 0 fully saturated rings. The van der Waals surface area contributed by atoms with E-state index in [-0.39, 0.29) is 5.54 Å². The van der Waals surface area contributed by atoms with Gasteiger partial charge in [0.25, 0.3) is 0 Å². The van der Waals surface area contributed by atoms with Gasteiger partial charge in [-0.15, -0.1) is 0 Å². The third kappa shape index (κ3) is 2.61. The molecule has 3 heteroatoms. The fraction of sp³-hybridized carbons (Fsp3) is 0.333. The summed E-state index contributed by atoms with van der Waals surface area (Å²) >= 11 is 3.46. The zero-order valence-electron chi connectivity index (χ0n) is 8.97. The van der Waals surface area contributed by atoms with E-state index >= 15 is 0 Å². The average molecular weight is 267 g/mol. The van der Waals surface area contributed by atoms with Crippen LogP contribution in [0.1, 0.15) is 19.5 Å². The third-order valence-corrected chi connectivity index (χ3v) is 2.78. The molecule has 1 aromatic carbocycles. The maximum absolute atomic E-state index is 5.99. The average Bonchev–Trinajstić information content (AvgIpc) is 2.42. The van der Waals surface area contributed by atoms with Crippen molar-refractivity contribution in [2.45, 2.75) is 25.8 Å². The van der Waals surface area contributed by atoms with Crippen LogP contribution >= 0.6 is 15.9 Å². The number of benzene rings is 1. The minimum Gasteiger partial charge on any atom is -0.358 e. The fourth-order valence-electron chi connectivity index (χ4n) is 1.75. The summed E-state index contributed by atoms with van der Waals surface area (Å²) in [4.78, 5) is 3.38. The van der Waals surface area contributed by atoms with Gasteiger partial charge in [0.05, 0.1) is 0 Å². The molecule has 0 bridgehead atoms. The Kier molecular flexibility index (Phi) is 2.61. The smallest absolute Gasteiger partial charge is 0.0456 e. The van der Waals surface area contributed by atoms with Crippen LogP contribution < -0.4 is 5.73 Å². The van der Waals surface area contributed by atoms with Crippen LogP contribution in [0.3, 0.4) is 0 Å². The van der Waals surface area contributed by atoms with E-state index in [0.29, 0.717) is 0 Å². The summed E-state index contributed by atoms with van der Waals surface area (Å²) in [6.07, 6.45) is 0.860. The van der Waals surface area contributed by atoms with Crippen molar-refractivity contribution in [2.75, 3.05) is 0 Å². The Morgan fingerprint density at radius 2 is 2.07 bits per heavy atom. The molecule has 0 amide bonds. The zero-order chi connectivity index (χ0) is 11.1. The first-order chi connectivity index (χ1) is 6.94. The van der Waals surface area contributed by atoms with Crippen LogP contribution in [-0.4, -0.2) is 10.5 Å². The quantitative estimate of drug-likeness (QED) is 0.861. The normalized spacial score (nSPS) is 12.3. The van der Waals surface area contributed by atoms with Crippen molar-refractivity contribution in [1.82, 2.24) is 4.98 Å². The highest BCUT2D eigenvalue weighted by atomic mass is 79.9. The molecule has 3 N–H and O–H groups in total. The molecule has 1 aromatic heterocycles. The Hall–Kier alpha value is -0.800. The highest BCUT2D eigenvalue weighted by Gasteiger charge is 2.13. The molecule has 0 aliphatic heterocycles. The molecule has 2 nitrogen and oxygen atoms in total. The van der Waals surface area contributed by atoms with Gasteiger partial charge in [0.15, 0.2) is 0 Å². The van der Waals surface area contributed by atoms with Crippen LogP contribution in [0.15, 0.2) is 28.7 Å². The molecular formula is C12H15BrN2. The highest BCUT2D eigenvalue weighted by molar-refractivity contribution is 9.10. The summed E-state index contributed by atoms with van der Waals surface area (Å²) in [5, 5.41) is 1.23. The Morgan fingerprint density at radius 1 is 1.33 bits per heavy atom. The number of aromatic nitrogens is 1. The largest absolute Gasteiger partial charge is 0.358 e. The molecule has 0 aliphatic rings. The van der Waals surface area contributed by atoms with Crippen molar-refractivity contribution in [3.8, 4) is 0 Å². The lowest BCUT2D eigenvalue weighted by Crippen LogP contribution is -2.34. The van der Waals surface area contributed by atoms with Gasteiger partial charge in [0.2, 0.25) is 0 Å². The monoisotopic (exact) mass is 266 g/mol. The van der Waals surface area contributed by atoms with Crippen molar-refractivity contribution >= 4 is 26.8 Å². The number of nitrogens with one attached hydrogen (secondary N) is 1. The van der Waals surface area contributed by atoms with Gasteiger partial charge >= 0.3 is 0 Å². The van der Waals surface area contributed by atoms with Crippen LogP contribution in [0.5, 0.6) is 0 Å². The summed E-state index contributed by atoms with van der Waals surface area (Å²) in [5.74, 6) is 0. The van der Waals surface area contributed by atoms with E-state index in [1.807, 2.05) is 19.9 Å². The molecular weight excluding hydrogens is 252 g/mol. The molecule has 0 saturated heterocycles. The van der Waals surface area contributed by atoms with E-state index in [4.69, 9.17) is 5.73 Å². The predicted molar refractivity (Wildman–Crippen MR) is 68.0 cm³/mol. The Balaban J connectivity index is 2.39. The summed E-state index contributed by atoms with van der Waals surface area (Å²) in [5.41, 5.74) is 8.18. The zero-order valence-corrected chi connectivity index (χ0v) is 10.6. The van der Waals surface area contributed by atoms with E-state index in [0.717, 1.165) is 16.4 Å². The maximum Gasteiger partial charge on any atom is 0.0456 e. The molecule has 15 heavy (non-hydrogen) atoms. The molecule has 0 atom stereocenters. The van der Waals surface area contributed by atoms with E-state index in [1.165, 1.54) is 11.1 Å². The van der Waals surface area contributed by atoms with Crippen molar-refractivity contribution < 1.29 is 0 Å². The Morgan fingerprint density at radius 3 is 2.73 bits per heavy atom. The standard InChI is InChI=1S/C12H15BrN2/c1-12(2,14)7-10-6-8-5-9(13)3-4-11(8)15-10/h3-6,15H,7,14H2,1-2H3. The molecule has 80 valence electrons. The topological polar surface area (TPSA) is 41.8 Å². The van der Waals surface area contributed by atoms with E-state index < -0.39 is 0 Å². The molecule has 2 rings (SSSR count). The molecule has 2 aromatic rings. The number of rotatable bonds is 2. The first-order valence-corrected chi connectivity index (χ1v) is 5.79. The first-order valence-electron chi connectivity index (χ1n) is 5.00.